The number of carboxylic acids is 1. The Kier molecular flexibility index (Phi) is 10.6. The summed E-state index contributed by atoms with van der Waals surface area (Å²) in [7, 11) is 0. The second kappa shape index (κ2) is 12.9. The molecule has 0 saturated heterocycles. The molecular weight excluding hydrogens is 416 g/mol. The highest BCUT2D eigenvalue weighted by Gasteiger charge is 2.29. The van der Waals surface area contributed by atoms with E-state index in [1.807, 2.05) is 6.07 Å². The van der Waals surface area contributed by atoms with Crippen LogP contribution in [0, 0.1) is 5.92 Å². The lowest BCUT2D eigenvalue weighted by molar-refractivity contribution is -0.138. The Labute approximate surface area is 186 Å². The molecular formula is C22H30N4O6. The van der Waals surface area contributed by atoms with Gasteiger partial charge in [-0.2, -0.15) is 0 Å². The molecule has 0 aliphatic heterocycles. The second-order valence-electron chi connectivity index (χ2n) is 7.61. The van der Waals surface area contributed by atoms with Gasteiger partial charge in [0.15, 0.2) is 0 Å². The molecule has 1 aromatic carbocycles. The first kappa shape index (κ1) is 26.3. The van der Waals surface area contributed by atoms with Gasteiger partial charge >= 0.3 is 5.97 Å². The fourth-order valence-electron chi connectivity index (χ4n) is 2.68. The summed E-state index contributed by atoms with van der Waals surface area (Å²) in [5, 5.41) is 18.6. The number of hydrogen-bond acceptors (Lipinski definition) is 5. The topological polar surface area (TPSA) is 154 Å². The summed E-state index contributed by atoms with van der Waals surface area (Å²) in [6.45, 7) is 7.45. The maximum Gasteiger partial charge on any atom is 0.322 e. The van der Waals surface area contributed by atoms with Crippen molar-refractivity contribution in [2.75, 3.05) is 13.1 Å². The van der Waals surface area contributed by atoms with E-state index in [9.17, 15) is 24.0 Å². The van der Waals surface area contributed by atoms with Crippen molar-refractivity contribution < 1.29 is 29.1 Å². The minimum atomic E-state index is -1.21. The normalized spacial score (nSPS) is 12.2. The Morgan fingerprint density at radius 1 is 0.938 bits per heavy atom. The van der Waals surface area contributed by atoms with E-state index in [1.165, 1.54) is 6.92 Å². The number of amides is 4. The number of rotatable bonds is 12. The van der Waals surface area contributed by atoms with Crippen LogP contribution in [0.5, 0.6) is 0 Å². The number of aliphatic carboxylic acids is 1. The molecule has 2 atom stereocenters. The number of carboxylic acid groups (broad SMARTS) is 1. The Hall–Kier alpha value is -3.69. The quantitative estimate of drug-likeness (QED) is 0.279. The maximum absolute atomic E-state index is 13.0. The van der Waals surface area contributed by atoms with E-state index in [2.05, 4.69) is 27.8 Å². The van der Waals surface area contributed by atoms with Gasteiger partial charge in [-0.1, -0.05) is 50.8 Å². The average Bonchev–Trinajstić information content (AvgIpc) is 2.73. The molecule has 10 heteroatoms. The van der Waals surface area contributed by atoms with Gasteiger partial charge in [-0.05, 0) is 18.4 Å². The Morgan fingerprint density at radius 2 is 1.56 bits per heavy atom. The van der Waals surface area contributed by atoms with Crippen molar-refractivity contribution in [3.8, 4) is 0 Å². The Balaban J connectivity index is 2.93. The molecule has 4 amide bonds. The van der Waals surface area contributed by atoms with Crippen LogP contribution in [0.15, 0.2) is 42.5 Å². The molecule has 174 valence electrons. The van der Waals surface area contributed by atoms with Crippen molar-refractivity contribution >= 4 is 29.6 Å². The average molecular weight is 447 g/mol. The van der Waals surface area contributed by atoms with Gasteiger partial charge in [-0.25, -0.2) is 0 Å². The number of hydrogen-bond donors (Lipinski definition) is 5. The summed E-state index contributed by atoms with van der Waals surface area (Å²) in [6.07, 6.45) is 0.147. The molecule has 0 saturated carbocycles. The van der Waals surface area contributed by atoms with Gasteiger partial charge in [0.25, 0.3) is 0 Å². The monoisotopic (exact) mass is 446 g/mol. The van der Waals surface area contributed by atoms with Crippen molar-refractivity contribution in [3.05, 3.63) is 48.0 Å². The van der Waals surface area contributed by atoms with Crippen LogP contribution in [0.3, 0.4) is 0 Å². The summed E-state index contributed by atoms with van der Waals surface area (Å²) in [6, 6.07) is 6.93. The van der Waals surface area contributed by atoms with E-state index in [0.717, 1.165) is 5.56 Å². The van der Waals surface area contributed by atoms with E-state index in [1.54, 1.807) is 38.1 Å². The predicted octanol–water partition coefficient (Wildman–Crippen LogP) is -0.252. The smallest absolute Gasteiger partial charge is 0.322 e. The molecule has 5 N–H and O–H groups in total. The molecule has 0 aliphatic rings. The number of nitrogens with one attached hydrogen (secondary N) is 4. The van der Waals surface area contributed by atoms with Crippen molar-refractivity contribution in [3.63, 3.8) is 0 Å². The van der Waals surface area contributed by atoms with Crippen LogP contribution >= 0.6 is 0 Å². The number of carbonyl (C=O) groups excluding carboxylic acids is 4. The molecule has 0 aromatic heterocycles. The highest BCUT2D eigenvalue weighted by Crippen LogP contribution is 2.07. The SMILES string of the molecule is C=C(C)C(=O)NCC(=O)N[C@@H](Cc1ccccc1)C(=O)N[C@H](C(=O)NCC(=O)O)C(C)C. The van der Waals surface area contributed by atoms with Crippen LogP contribution in [-0.4, -0.2) is 59.9 Å². The Morgan fingerprint density at radius 3 is 2.09 bits per heavy atom. The molecule has 1 aromatic rings. The van der Waals surface area contributed by atoms with Crippen molar-refractivity contribution in [1.82, 2.24) is 21.3 Å². The zero-order valence-corrected chi connectivity index (χ0v) is 18.4. The largest absolute Gasteiger partial charge is 0.480 e. The third-order valence-corrected chi connectivity index (χ3v) is 4.39. The first-order chi connectivity index (χ1) is 15.0. The lowest BCUT2D eigenvalue weighted by Crippen LogP contribution is -2.57. The fraction of sp³-hybridized carbons (Fsp3) is 0.409. The van der Waals surface area contributed by atoms with Crippen molar-refractivity contribution in [2.45, 2.75) is 39.3 Å². The molecule has 0 aliphatic carbocycles. The Bertz CT molecular complexity index is 853. The molecule has 0 fully saturated rings. The van der Waals surface area contributed by atoms with Gasteiger partial charge in [0, 0.05) is 12.0 Å². The van der Waals surface area contributed by atoms with Gasteiger partial charge in [0.05, 0.1) is 6.54 Å². The molecule has 32 heavy (non-hydrogen) atoms. The van der Waals surface area contributed by atoms with Crippen LogP contribution in [-0.2, 0) is 30.4 Å². The van der Waals surface area contributed by atoms with Gasteiger partial charge in [-0.15, -0.1) is 0 Å². The molecule has 0 unspecified atom stereocenters. The first-order valence-corrected chi connectivity index (χ1v) is 10.1. The van der Waals surface area contributed by atoms with Gasteiger partial charge in [-0.3, -0.25) is 24.0 Å². The lowest BCUT2D eigenvalue weighted by Gasteiger charge is -2.25. The minimum Gasteiger partial charge on any atom is -0.480 e. The van der Waals surface area contributed by atoms with E-state index in [4.69, 9.17) is 5.11 Å². The molecule has 0 radical (unpaired) electrons. The van der Waals surface area contributed by atoms with Gasteiger partial charge in [0.1, 0.15) is 18.6 Å². The molecule has 10 nitrogen and oxygen atoms in total. The van der Waals surface area contributed by atoms with Crippen LogP contribution < -0.4 is 21.3 Å². The standard InChI is InChI=1S/C22H30N4O6/c1-13(2)19(22(32)24-12-18(28)29)26-21(31)16(10-15-8-6-5-7-9-15)25-17(27)11-23-20(30)14(3)4/h5-9,13,16,19H,3,10-12H2,1-2,4H3,(H,23,30)(H,24,32)(H,25,27)(H,26,31)(H,28,29)/t16-,19-/m0/s1. The van der Waals surface area contributed by atoms with Crippen LogP contribution in [0.25, 0.3) is 0 Å². The third-order valence-electron chi connectivity index (χ3n) is 4.39. The van der Waals surface area contributed by atoms with Gasteiger partial charge in [0.2, 0.25) is 23.6 Å². The maximum atomic E-state index is 13.0. The highest BCUT2D eigenvalue weighted by atomic mass is 16.4. The molecule has 0 heterocycles. The zero-order chi connectivity index (χ0) is 24.3. The molecule has 0 bridgehead atoms. The summed E-state index contributed by atoms with van der Waals surface area (Å²) >= 11 is 0. The second-order valence-corrected chi connectivity index (χ2v) is 7.61. The fourth-order valence-corrected chi connectivity index (χ4v) is 2.68. The van der Waals surface area contributed by atoms with Crippen LogP contribution in [0.2, 0.25) is 0 Å². The van der Waals surface area contributed by atoms with E-state index in [0.29, 0.717) is 0 Å². The summed E-state index contributed by atoms with van der Waals surface area (Å²) in [4.78, 5) is 60.0. The zero-order valence-electron chi connectivity index (χ0n) is 18.4. The lowest BCUT2D eigenvalue weighted by atomic mass is 10.0. The van der Waals surface area contributed by atoms with E-state index < -0.39 is 48.2 Å². The predicted molar refractivity (Wildman–Crippen MR) is 117 cm³/mol. The van der Waals surface area contributed by atoms with Crippen LogP contribution in [0.4, 0.5) is 0 Å². The van der Waals surface area contributed by atoms with Crippen molar-refractivity contribution in [2.24, 2.45) is 5.92 Å². The van der Waals surface area contributed by atoms with Crippen LogP contribution in [0.1, 0.15) is 26.3 Å². The molecule has 0 spiro atoms. The summed E-state index contributed by atoms with van der Waals surface area (Å²) in [5.74, 6) is -3.88. The van der Waals surface area contributed by atoms with E-state index in [-0.39, 0.29) is 24.5 Å². The number of benzene rings is 1. The third kappa shape index (κ3) is 9.41. The first-order valence-electron chi connectivity index (χ1n) is 10.1. The highest BCUT2D eigenvalue weighted by molar-refractivity contribution is 5.96. The van der Waals surface area contributed by atoms with Gasteiger partial charge < -0.3 is 26.4 Å². The molecule has 1 rings (SSSR count). The van der Waals surface area contributed by atoms with Crippen molar-refractivity contribution in [1.29, 1.82) is 0 Å². The number of carbonyl (C=O) groups is 5. The summed E-state index contributed by atoms with van der Waals surface area (Å²) < 4.78 is 0. The van der Waals surface area contributed by atoms with E-state index >= 15 is 0 Å². The minimum absolute atomic E-state index is 0.147. The summed E-state index contributed by atoms with van der Waals surface area (Å²) in [5.41, 5.74) is 1.01.